The fraction of sp³-hybridized carbons (Fsp3) is 0. The molecule has 0 saturated carbocycles. The lowest BCUT2D eigenvalue weighted by molar-refractivity contribution is -0.384. The summed E-state index contributed by atoms with van der Waals surface area (Å²) in [5.41, 5.74) is 1.13. The third-order valence-electron chi connectivity index (χ3n) is 2.64. The Balaban J connectivity index is 1.98. The molecule has 6 heteroatoms. The molecule has 2 rings (SSSR count). The topological polar surface area (TPSA) is 72.2 Å². The summed E-state index contributed by atoms with van der Waals surface area (Å²) in [6.07, 6.45) is 2.83. The number of non-ortho nitro benzene ring substituents is 1. The van der Waals surface area contributed by atoms with Crippen LogP contribution in [0.4, 0.5) is 15.8 Å². The summed E-state index contributed by atoms with van der Waals surface area (Å²) in [7, 11) is 0. The largest absolute Gasteiger partial charge is 0.323 e. The number of nitro benzene ring substituents is 1. The molecule has 0 heterocycles. The van der Waals surface area contributed by atoms with Gasteiger partial charge < -0.3 is 5.32 Å². The second kappa shape index (κ2) is 6.42. The molecule has 0 atom stereocenters. The molecule has 0 aromatic heterocycles. The second-order valence-electron chi connectivity index (χ2n) is 4.18. The van der Waals surface area contributed by atoms with Gasteiger partial charge in [-0.3, -0.25) is 14.9 Å². The Labute approximate surface area is 119 Å². The molecule has 2 aromatic carbocycles. The maximum Gasteiger partial charge on any atom is 0.269 e. The third kappa shape index (κ3) is 4.24. The van der Waals surface area contributed by atoms with Gasteiger partial charge >= 0.3 is 0 Å². The highest BCUT2D eigenvalue weighted by Gasteiger charge is 2.03. The van der Waals surface area contributed by atoms with Gasteiger partial charge in [0.2, 0.25) is 5.91 Å². The van der Waals surface area contributed by atoms with Crippen LogP contribution in [0.3, 0.4) is 0 Å². The van der Waals surface area contributed by atoms with E-state index >= 15 is 0 Å². The Morgan fingerprint density at radius 3 is 2.29 bits per heavy atom. The fourth-order valence-corrected chi connectivity index (χ4v) is 1.60. The number of nitro groups is 1. The molecule has 1 N–H and O–H groups in total. The Hall–Kier alpha value is -3.02. The highest BCUT2D eigenvalue weighted by Crippen LogP contribution is 2.13. The summed E-state index contributed by atoms with van der Waals surface area (Å²) >= 11 is 0. The van der Waals surface area contributed by atoms with E-state index in [2.05, 4.69) is 5.32 Å². The molecule has 5 nitrogen and oxygen atoms in total. The Bertz CT molecular complexity index is 679. The van der Waals surface area contributed by atoms with Crippen molar-refractivity contribution in [3.63, 3.8) is 0 Å². The van der Waals surface area contributed by atoms with Gasteiger partial charge in [0, 0.05) is 23.9 Å². The number of hydrogen-bond donors (Lipinski definition) is 1. The molecule has 0 unspecified atom stereocenters. The zero-order valence-corrected chi connectivity index (χ0v) is 10.8. The van der Waals surface area contributed by atoms with Crippen molar-refractivity contribution in [3.05, 3.63) is 76.1 Å². The molecule has 0 spiro atoms. The van der Waals surface area contributed by atoms with E-state index in [1.165, 1.54) is 48.6 Å². The zero-order valence-electron chi connectivity index (χ0n) is 10.8. The summed E-state index contributed by atoms with van der Waals surface area (Å²) in [5, 5.41) is 13.1. The maximum atomic E-state index is 12.7. The number of nitrogens with one attached hydrogen (secondary N) is 1. The van der Waals surface area contributed by atoms with Crippen molar-refractivity contribution in [2.24, 2.45) is 0 Å². The Morgan fingerprint density at radius 1 is 1.10 bits per heavy atom. The van der Waals surface area contributed by atoms with Crippen LogP contribution >= 0.6 is 0 Å². The Morgan fingerprint density at radius 2 is 1.71 bits per heavy atom. The quantitative estimate of drug-likeness (QED) is 0.532. The van der Waals surface area contributed by atoms with Crippen molar-refractivity contribution < 1.29 is 14.1 Å². The van der Waals surface area contributed by atoms with Crippen molar-refractivity contribution in [1.82, 2.24) is 0 Å². The van der Waals surface area contributed by atoms with Crippen LogP contribution in [0.15, 0.2) is 54.6 Å². The number of anilines is 1. The van der Waals surface area contributed by atoms with Crippen LogP contribution in [-0.2, 0) is 4.79 Å². The molecule has 106 valence electrons. The first kappa shape index (κ1) is 14.4. The van der Waals surface area contributed by atoms with E-state index in [9.17, 15) is 19.3 Å². The van der Waals surface area contributed by atoms with Gasteiger partial charge in [0.05, 0.1) is 4.92 Å². The lowest BCUT2D eigenvalue weighted by Gasteiger charge is -2.01. The van der Waals surface area contributed by atoms with Crippen molar-refractivity contribution >= 4 is 23.4 Å². The first-order valence-electron chi connectivity index (χ1n) is 6.04. The van der Waals surface area contributed by atoms with Gasteiger partial charge in [-0.05, 0) is 48.0 Å². The molecule has 0 aliphatic heterocycles. The number of nitrogens with zero attached hydrogens (tertiary/aromatic N) is 1. The number of carbonyl (C=O) groups is 1. The average Bonchev–Trinajstić information content (AvgIpc) is 2.48. The summed E-state index contributed by atoms with van der Waals surface area (Å²) in [6.45, 7) is 0. The average molecular weight is 286 g/mol. The molecule has 0 aliphatic carbocycles. The monoisotopic (exact) mass is 286 g/mol. The molecule has 0 radical (unpaired) electrons. The molecule has 21 heavy (non-hydrogen) atoms. The van der Waals surface area contributed by atoms with Crippen LogP contribution in [-0.4, -0.2) is 10.8 Å². The van der Waals surface area contributed by atoms with Gasteiger partial charge in [0.25, 0.3) is 5.69 Å². The normalized spacial score (nSPS) is 10.5. The number of hydrogen-bond acceptors (Lipinski definition) is 3. The lowest BCUT2D eigenvalue weighted by Crippen LogP contribution is -2.07. The SMILES string of the molecule is O=C(C=Cc1ccc([N+](=O)[O-])cc1)Nc1ccc(F)cc1. The van der Waals surface area contributed by atoms with E-state index in [1.54, 1.807) is 12.1 Å². The van der Waals surface area contributed by atoms with Gasteiger partial charge in [-0.2, -0.15) is 0 Å². The molecule has 0 aliphatic rings. The fourth-order valence-electron chi connectivity index (χ4n) is 1.60. The standard InChI is InChI=1S/C15H11FN2O3/c16-12-4-6-13(7-5-12)17-15(19)10-3-11-1-8-14(9-2-11)18(20)21/h1-10H,(H,17,19). The van der Waals surface area contributed by atoms with Crippen LogP contribution < -0.4 is 5.32 Å². The van der Waals surface area contributed by atoms with Crippen molar-refractivity contribution in [3.8, 4) is 0 Å². The van der Waals surface area contributed by atoms with Crippen LogP contribution in [0.5, 0.6) is 0 Å². The number of amides is 1. The summed E-state index contributed by atoms with van der Waals surface area (Å²) in [4.78, 5) is 21.7. The van der Waals surface area contributed by atoms with Crippen molar-refractivity contribution in [2.75, 3.05) is 5.32 Å². The molecule has 1 amide bonds. The first-order valence-corrected chi connectivity index (χ1v) is 6.04. The highest BCUT2D eigenvalue weighted by molar-refractivity contribution is 6.01. The molecule has 0 fully saturated rings. The minimum absolute atomic E-state index is 0.0112. The van der Waals surface area contributed by atoms with Gasteiger partial charge in [0.15, 0.2) is 0 Å². The second-order valence-corrected chi connectivity index (χ2v) is 4.18. The number of carbonyl (C=O) groups excluding carboxylic acids is 1. The smallest absolute Gasteiger partial charge is 0.269 e. The predicted molar refractivity (Wildman–Crippen MR) is 77.2 cm³/mol. The van der Waals surface area contributed by atoms with E-state index in [-0.39, 0.29) is 17.4 Å². The van der Waals surface area contributed by atoms with E-state index in [0.29, 0.717) is 11.3 Å². The van der Waals surface area contributed by atoms with Gasteiger partial charge in [-0.15, -0.1) is 0 Å². The van der Waals surface area contributed by atoms with E-state index in [4.69, 9.17) is 0 Å². The minimum Gasteiger partial charge on any atom is -0.323 e. The summed E-state index contributed by atoms with van der Waals surface area (Å²) < 4.78 is 12.7. The highest BCUT2D eigenvalue weighted by atomic mass is 19.1. The first-order chi connectivity index (χ1) is 10.0. The lowest BCUT2D eigenvalue weighted by atomic mass is 10.2. The van der Waals surface area contributed by atoms with Crippen molar-refractivity contribution in [1.29, 1.82) is 0 Å². The summed E-state index contributed by atoms with van der Waals surface area (Å²) in [5.74, 6) is -0.755. The number of benzene rings is 2. The number of rotatable bonds is 4. The van der Waals surface area contributed by atoms with E-state index in [1.807, 2.05) is 0 Å². The number of halogens is 1. The maximum absolute atomic E-state index is 12.7. The predicted octanol–water partition coefficient (Wildman–Crippen LogP) is 3.39. The molecular formula is C15H11FN2O3. The van der Waals surface area contributed by atoms with Gasteiger partial charge in [-0.25, -0.2) is 4.39 Å². The molecule has 0 bridgehead atoms. The van der Waals surface area contributed by atoms with Crippen LogP contribution in [0, 0.1) is 15.9 Å². The van der Waals surface area contributed by atoms with E-state index < -0.39 is 4.92 Å². The van der Waals surface area contributed by atoms with Gasteiger partial charge in [-0.1, -0.05) is 0 Å². The molecule has 0 saturated heterocycles. The molecule has 2 aromatic rings. The van der Waals surface area contributed by atoms with Crippen LogP contribution in [0.1, 0.15) is 5.56 Å². The van der Waals surface area contributed by atoms with Crippen molar-refractivity contribution in [2.45, 2.75) is 0 Å². The Kier molecular flexibility index (Phi) is 4.40. The van der Waals surface area contributed by atoms with E-state index in [0.717, 1.165) is 0 Å². The zero-order chi connectivity index (χ0) is 15.2. The van der Waals surface area contributed by atoms with Crippen LogP contribution in [0.25, 0.3) is 6.08 Å². The third-order valence-corrected chi connectivity index (χ3v) is 2.64. The van der Waals surface area contributed by atoms with Gasteiger partial charge in [0.1, 0.15) is 5.82 Å². The van der Waals surface area contributed by atoms with Crippen LogP contribution in [0.2, 0.25) is 0 Å². The minimum atomic E-state index is -0.491. The molecular weight excluding hydrogens is 275 g/mol. The summed E-state index contributed by atoms with van der Waals surface area (Å²) in [6, 6.07) is 11.2.